The third-order valence-electron chi connectivity index (χ3n) is 2.17. The molecule has 1 aromatic rings. The van der Waals surface area contributed by atoms with Crippen molar-refractivity contribution in [2.45, 2.75) is 20.0 Å². The van der Waals surface area contributed by atoms with Crippen LogP contribution >= 0.6 is 0 Å². The number of aromatic nitrogens is 1. The summed E-state index contributed by atoms with van der Waals surface area (Å²) in [6.45, 7) is 2.07. The minimum Gasteiger partial charge on any atom is -0.274 e. The second-order valence-electron chi connectivity index (χ2n) is 3.57. The van der Waals surface area contributed by atoms with E-state index < -0.39 is 29.2 Å². The minimum absolute atomic E-state index is 0.327. The van der Waals surface area contributed by atoms with Gasteiger partial charge in [-0.3, -0.25) is 9.59 Å². The zero-order valence-corrected chi connectivity index (χ0v) is 9.95. The van der Waals surface area contributed by atoms with Crippen molar-refractivity contribution in [3.05, 3.63) is 23.5 Å². The molecular formula is C11H8F3N3O2. The SMILES string of the molecule is CC(=O)N(C(C)=O)c1cnc(C#N)c(C(F)(F)F)c1. The van der Waals surface area contributed by atoms with Gasteiger partial charge < -0.3 is 0 Å². The Morgan fingerprint density at radius 1 is 1.32 bits per heavy atom. The van der Waals surface area contributed by atoms with Crippen LogP contribution in [0.25, 0.3) is 0 Å². The van der Waals surface area contributed by atoms with E-state index in [0.717, 1.165) is 20.0 Å². The number of nitriles is 1. The van der Waals surface area contributed by atoms with Gasteiger partial charge in [0.1, 0.15) is 6.07 Å². The molecule has 2 amide bonds. The number of rotatable bonds is 1. The van der Waals surface area contributed by atoms with Gasteiger partial charge in [0.2, 0.25) is 11.8 Å². The van der Waals surface area contributed by atoms with Crippen molar-refractivity contribution in [1.29, 1.82) is 5.26 Å². The molecule has 0 aliphatic carbocycles. The fraction of sp³-hybridized carbons (Fsp3) is 0.273. The molecule has 8 heteroatoms. The zero-order chi connectivity index (χ0) is 14.8. The number of halogens is 3. The van der Waals surface area contributed by atoms with E-state index in [0.29, 0.717) is 11.0 Å². The van der Waals surface area contributed by atoms with E-state index in [4.69, 9.17) is 5.26 Å². The number of hydrogen-bond donors (Lipinski definition) is 0. The molecule has 0 unspecified atom stereocenters. The molecule has 1 heterocycles. The summed E-state index contributed by atoms with van der Waals surface area (Å²) in [4.78, 5) is 26.3. The Bertz CT molecular complexity index is 562. The number of alkyl halides is 3. The first-order valence-electron chi connectivity index (χ1n) is 4.97. The number of carbonyl (C=O) groups excluding carboxylic acids is 2. The molecule has 0 bridgehead atoms. The van der Waals surface area contributed by atoms with Gasteiger partial charge in [0, 0.05) is 13.8 Å². The second-order valence-corrected chi connectivity index (χ2v) is 3.57. The fourth-order valence-corrected chi connectivity index (χ4v) is 1.47. The maximum Gasteiger partial charge on any atom is 0.419 e. The molecule has 0 fully saturated rings. The van der Waals surface area contributed by atoms with E-state index in [2.05, 4.69) is 4.98 Å². The first kappa shape index (κ1) is 14.6. The number of anilines is 1. The van der Waals surface area contributed by atoms with Gasteiger partial charge in [-0.15, -0.1) is 0 Å². The van der Waals surface area contributed by atoms with Crippen molar-refractivity contribution >= 4 is 17.5 Å². The highest BCUT2D eigenvalue weighted by atomic mass is 19.4. The summed E-state index contributed by atoms with van der Waals surface area (Å²) in [6, 6.07) is 1.86. The summed E-state index contributed by atoms with van der Waals surface area (Å²) in [6.07, 6.45) is -3.93. The number of imide groups is 1. The van der Waals surface area contributed by atoms with E-state index in [9.17, 15) is 22.8 Å². The third-order valence-corrected chi connectivity index (χ3v) is 2.17. The van der Waals surface area contributed by atoms with Crippen LogP contribution in [0.3, 0.4) is 0 Å². The van der Waals surface area contributed by atoms with Gasteiger partial charge in [0.25, 0.3) is 0 Å². The van der Waals surface area contributed by atoms with Crippen molar-refractivity contribution in [2.75, 3.05) is 4.90 Å². The van der Waals surface area contributed by atoms with Gasteiger partial charge in [0.05, 0.1) is 17.4 Å². The first-order chi connectivity index (χ1) is 8.68. The Labute approximate surface area is 106 Å². The van der Waals surface area contributed by atoms with Gasteiger partial charge in [0.15, 0.2) is 5.69 Å². The van der Waals surface area contributed by atoms with Crippen LogP contribution in [0.4, 0.5) is 18.9 Å². The summed E-state index contributed by atoms with van der Waals surface area (Å²) in [5, 5.41) is 8.57. The van der Waals surface area contributed by atoms with Crippen LogP contribution in [0.1, 0.15) is 25.1 Å². The van der Waals surface area contributed by atoms with Crippen LogP contribution in [0.15, 0.2) is 12.3 Å². The van der Waals surface area contributed by atoms with Crippen molar-refractivity contribution in [1.82, 2.24) is 4.98 Å². The van der Waals surface area contributed by atoms with Crippen LogP contribution in [0.2, 0.25) is 0 Å². The molecule has 0 spiro atoms. The lowest BCUT2D eigenvalue weighted by atomic mass is 10.1. The highest BCUT2D eigenvalue weighted by Crippen LogP contribution is 2.33. The molecule has 0 atom stereocenters. The van der Waals surface area contributed by atoms with Gasteiger partial charge in [-0.05, 0) is 6.07 Å². The Morgan fingerprint density at radius 2 is 1.84 bits per heavy atom. The molecule has 100 valence electrons. The number of carbonyl (C=O) groups is 2. The number of pyridine rings is 1. The van der Waals surface area contributed by atoms with E-state index in [1.54, 1.807) is 0 Å². The Morgan fingerprint density at radius 3 is 2.21 bits per heavy atom. The minimum atomic E-state index is -4.80. The Kier molecular flexibility index (Phi) is 3.89. The third kappa shape index (κ3) is 3.07. The lowest BCUT2D eigenvalue weighted by Gasteiger charge is -2.18. The van der Waals surface area contributed by atoms with Crippen molar-refractivity contribution < 1.29 is 22.8 Å². The van der Waals surface area contributed by atoms with Crippen molar-refractivity contribution in [3.8, 4) is 6.07 Å². The largest absolute Gasteiger partial charge is 0.419 e. The molecular weight excluding hydrogens is 263 g/mol. The highest BCUT2D eigenvalue weighted by molar-refractivity contribution is 6.13. The predicted octanol–water partition coefficient (Wildman–Crippen LogP) is 1.87. The molecule has 0 aliphatic rings. The topological polar surface area (TPSA) is 74.1 Å². The highest BCUT2D eigenvalue weighted by Gasteiger charge is 2.35. The summed E-state index contributed by atoms with van der Waals surface area (Å²) in [5.74, 6) is -1.49. The molecule has 19 heavy (non-hydrogen) atoms. The lowest BCUT2D eigenvalue weighted by molar-refractivity contribution is -0.138. The Hall–Kier alpha value is -2.43. The summed E-state index contributed by atoms with van der Waals surface area (Å²) in [7, 11) is 0. The molecule has 1 aromatic heterocycles. The van der Waals surface area contributed by atoms with Crippen LogP contribution in [0, 0.1) is 11.3 Å². The van der Waals surface area contributed by atoms with Gasteiger partial charge in [-0.2, -0.15) is 18.4 Å². The molecule has 0 radical (unpaired) electrons. The maximum absolute atomic E-state index is 12.7. The van der Waals surface area contributed by atoms with E-state index in [1.165, 1.54) is 6.07 Å². The van der Waals surface area contributed by atoms with Crippen molar-refractivity contribution in [2.24, 2.45) is 0 Å². The smallest absolute Gasteiger partial charge is 0.274 e. The van der Waals surface area contributed by atoms with E-state index >= 15 is 0 Å². The van der Waals surface area contributed by atoms with Crippen LogP contribution in [0.5, 0.6) is 0 Å². The normalized spacial score (nSPS) is 10.7. The number of amides is 2. The quantitative estimate of drug-likeness (QED) is 0.781. The molecule has 0 saturated heterocycles. The lowest BCUT2D eigenvalue weighted by Crippen LogP contribution is -2.33. The number of nitrogens with zero attached hydrogens (tertiary/aromatic N) is 3. The van der Waals surface area contributed by atoms with E-state index in [-0.39, 0.29) is 5.69 Å². The molecule has 0 aromatic carbocycles. The second kappa shape index (κ2) is 5.06. The molecule has 0 saturated carbocycles. The van der Waals surface area contributed by atoms with Crippen molar-refractivity contribution in [3.63, 3.8) is 0 Å². The average molecular weight is 271 g/mol. The molecule has 1 rings (SSSR count). The van der Waals surface area contributed by atoms with Crippen LogP contribution < -0.4 is 4.90 Å². The van der Waals surface area contributed by atoms with Gasteiger partial charge in [-0.25, -0.2) is 9.88 Å². The monoisotopic (exact) mass is 271 g/mol. The summed E-state index contributed by atoms with van der Waals surface area (Å²) >= 11 is 0. The average Bonchev–Trinajstić information content (AvgIpc) is 2.26. The fourth-order valence-electron chi connectivity index (χ4n) is 1.47. The maximum atomic E-state index is 12.7. The summed E-state index contributed by atoms with van der Waals surface area (Å²) < 4.78 is 38.1. The van der Waals surface area contributed by atoms with Crippen LogP contribution in [-0.2, 0) is 15.8 Å². The van der Waals surface area contributed by atoms with Gasteiger partial charge in [-0.1, -0.05) is 0 Å². The Balaban J connectivity index is 3.45. The van der Waals surface area contributed by atoms with Crippen LogP contribution in [-0.4, -0.2) is 16.8 Å². The zero-order valence-electron chi connectivity index (χ0n) is 9.95. The molecule has 0 N–H and O–H groups in total. The first-order valence-corrected chi connectivity index (χ1v) is 4.97. The van der Waals surface area contributed by atoms with E-state index in [1.807, 2.05) is 0 Å². The number of hydrogen-bond acceptors (Lipinski definition) is 4. The van der Waals surface area contributed by atoms with Gasteiger partial charge >= 0.3 is 6.18 Å². The predicted molar refractivity (Wildman–Crippen MR) is 57.8 cm³/mol. The molecule has 5 nitrogen and oxygen atoms in total. The summed E-state index contributed by atoms with van der Waals surface area (Å²) in [5.41, 5.74) is -2.44. The molecule has 0 aliphatic heterocycles. The standard InChI is InChI=1S/C11H8F3N3O2/c1-6(18)17(7(2)19)8-3-9(11(12,13)14)10(4-15)16-5-8/h3,5H,1-2H3.